The van der Waals surface area contributed by atoms with Crippen molar-refractivity contribution in [2.45, 2.75) is 16.6 Å². The Morgan fingerprint density at radius 2 is 1.57 bits per heavy atom. The molecule has 122 valence electrons. The molecule has 5 nitrogen and oxygen atoms in total. The molecule has 1 amide bonds. The second-order valence-electron chi connectivity index (χ2n) is 5.30. The summed E-state index contributed by atoms with van der Waals surface area (Å²) in [5.41, 5.74) is 0.531. The van der Waals surface area contributed by atoms with Crippen LogP contribution in [0.1, 0.15) is 6.92 Å². The van der Waals surface area contributed by atoms with Gasteiger partial charge in [0, 0.05) is 12.8 Å². The zero-order valence-electron chi connectivity index (χ0n) is 13.0. The average Bonchev–Trinajstić information content (AvgIpc) is 2.56. The summed E-state index contributed by atoms with van der Waals surface area (Å²) in [4.78, 5) is 12.8. The SMILES string of the molecule is COCC(C)(C(=O)Nc1ccccc1)S(=O)(=O)c1ccccc1. The number of methoxy groups -OCH3 is 1. The van der Waals surface area contributed by atoms with E-state index in [1.54, 1.807) is 42.5 Å². The third-order valence-corrected chi connectivity index (χ3v) is 5.96. The Balaban J connectivity index is 2.40. The van der Waals surface area contributed by atoms with Gasteiger partial charge in [-0.05, 0) is 31.2 Å². The summed E-state index contributed by atoms with van der Waals surface area (Å²) in [6, 6.07) is 16.6. The predicted octanol–water partition coefficient (Wildman–Crippen LogP) is 2.50. The smallest absolute Gasteiger partial charge is 0.248 e. The molecule has 23 heavy (non-hydrogen) atoms. The van der Waals surface area contributed by atoms with Gasteiger partial charge in [0.1, 0.15) is 0 Å². The van der Waals surface area contributed by atoms with Crippen molar-refractivity contribution in [3.8, 4) is 0 Å². The highest BCUT2D eigenvalue weighted by Crippen LogP contribution is 2.27. The molecule has 0 radical (unpaired) electrons. The molecule has 0 fully saturated rings. The molecule has 0 saturated carbocycles. The summed E-state index contributed by atoms with van der Waals surface area (Å²) in [6.07, 6.45) is 0. The van der Waals surface area contributed by atoms with E-state index >= 15 is 0 Å². The second kappa shape index (κ2) is 6.93. The maximum absolute atomic E-state index is 12.9. The van der Waals surface area contributed by atoms with Crippen LogP contribution in [-0.4, -0.2) is 32.8 Å². The van der Waals surface area contributed by atoms with Crippen LogP contribution >= 0.6 is 0 Å². The Kier molecular flexibility index (Phi) is 5.18. The van der Waals surface area contributed by atoms with Crippen LogP contribution in [0.25, 0.3) is 0 Å². The number of amides is 1. The number of rotatable bonds is 6. The first-order valence-electron chi connectivity index (χ1n) is 7.07. The van der Waals surface area contributed by atoms with Crippen molar-refractivity contribution < 1.29 is 17.9 Å². The van der Waals surface area contributed by atoms with E-state index in [1.807, 2.05) is 6.07 Å². The van der Waals surface area contributed by atoms with Gasteiger partial charge in [-0.3, -0.25) is 4.79 Å². The Labute approximate surface area is 136 Å². The Hall–Kier alpha value is -2.18. The molecule has 6 heteroatoms. The maximum Gasteiger partial charge on any atom is 0.248 e. The maximum atomic E-state index is 12.9. The normalized spacial score (nSPS) is 14.0. The van der Waals surface area contributed by atoms with E-state index in [-0.39, 0.29) is 11.5 Å². The molecule has 0 aliphatic rings. The molecule has 0 aliphatic heterocycles. The quantitative estimate of drug-likeness (QED) is 0.881. The third-order valence-electron chi connectivity index (χ3n) is 3.58. The number of hydrogen-bond acceptors (Lipinski definition) is 4. The van der Waals surface area contributed by atoms with Crippen LogP contribution in [0.4, 0.5) is 5.69 Å². The molecular formula is C17H19NO4S. The number of para-hydroxylation sites is 1. The minimum atomic E-state index is -3.92. The van der Waals surface area contributed by atoms with Crippen LogP contribution in [0, 0.1) is 0 Å². The molecule has 1 N–H and O–H groups in total. The van der Waals surface area contributed by atoms with Gasteiger partial charge in [-0.15, -0.1) is 0 Å². The van der Waals surface area contributed by atoms with Gasteiger partial charge >= 0.3 is 0 Å². The standard InChI is InChI=1S/C17H19NO4S/c1-17(13-22-2,16(19)18-14-9-5-3-6-10-14)23(20,21)15-11-7-4-8-12-15/h3-12H,13H2,1-2H3,(H,18,19). The Bertz CT molecular complexity index is 760. The van der Waals surface area contributed by atoms with E-state index in [0.29, 0.717) is 5.69 Å². The molecule has 0 aliphatic carbocycles. The van der Waals surface area contributed by atoms with Crippen LogP contribution in [0.2, 0.25) is 0 Å². The van der Waals surface area contributed by atoms with Crippen molar-refractivity contribution >= 4 is 21.4 Å². The summed E-state index contributed by atoms with van der Waals surface area (Å²) in [6.45, 7) is 1.13. The van der Waals surface area contributed by atoms with Gasteiger partial charge in [0.25, 0.3) is 0 Å². The van der Waals surface area contributed by atoms with Gasteiger partial charge in [0.05, 0.1) is 11.5 Å². The molecule has 2 aromatic rings. The minimum absolute atomic E-state index is 0.0859. The van der Waals surface area contributed by atoms with Crippen molar-refractivity contribution in [3.63, 3.8) is 0 Å². The molecule has 0 saturated heterocycles. The average molecular weight is 333 g/mol. The molecule has 0 spiro atoms. The fraction of sp³-hybridized carbons (Fsp3) is 0.235. The van der Waals surface area contributed by atoms with Crippen molar-refractivity contribution in [1.82, 2.24) is 0 Å². The van der Waals surface area contributed by atoms with Crippen LogP contribution < -0.4 is 5.32 Å². The van der Waals surface area contributed by atoms with E-state index in [0.717, 1.165) is 0 Å². The van der Waals surface area contributed by atoms with Gasteiger partial charge in [-0.25, -0.2) is 8.42 Å². The summed E-state index contributed by atoms with van der Waals surface area (Å²) in [5, 5.41) is 2.65. The topological polar surface area (TPSA) is 72.5 Å². The largest absolute Gasteiger partial charge is 0.382 e. The lowest BCUT2D eigenvalue weighted by Crippen LogP contribution is -2.50. The lowest BCUT2D eigenvalue weighted by atomic mass is 10.1. The lowest BCUT2D eigenvalue weighted by molar-refractivity contribution is -0.119. The number of carbonyl (C=O) groups excluding carboxylic acids is 1. The highest BCUT2D eigenvalue weighted by molar-refractivity contribution is 7.93. The predicted molar refractivity (Wildman–Crippen MR) is 89.0 cm³/mol. The first-order chi connectivity index (χ1) is 10.9. The van der Waals surface area contributed by atoms with Crippen LogP contribution in [0.3, 0.4) is 0 Å². The number of carbonyl (C=O) groups is 1. The number of sulfone groups is 1. The number of anilines is 1. The number of ether oxygens (including phenoxy) is 1. The zero-order chi connectivity index (χ0) is 16.9. The molecule has 0 bridgehead atoms. The van der Waals surface area contributed by atoms with Gasteiger partial charge in [0.2, 0.25) is 5.91 Å². The minimum Gasteiger partial charge on any atom is -0.382 e. The zero-order valence-corrected chi connectivity index (χ0v) is 13.8. The number of hydrogen-bond donors (Lipinski definition) is 1. The summed E-state index contributed by atoms with van der Waals surface area (Å²) < 4.78 is 29.2. The molecule has 1 atom stereocenters. The molecule has 0 heterocycles. The fourth-order valence-corrected chi connectivity index (χ4v) is 3.79. The summed E-state index contributed by atoms with van der Waals surface area (Å²) >= 11 is 0. The third kappa shape index (κ3) is 3.43. The summed E-state index contributed by atoms with van der Waals surface area (Å²) in [5.74, 6) is -0.630. The van der Waals surface area contributed by atoms with E-state index in [9.17, 15) is 13.2 Å². The highest BCUT2D eigenvalue weighted by Gasteiger charge is 2.47. The van der Waals surface area contributed by atoms with Crippen molar-refractivity contribution in [2.75, 3.05) is 19.0 Å². The van der Waals surface area contributed by atoms with Crippen LogP contribution in [-0.2, 0) is 19.4 Å². The van der Waals surface area contributed by atoms with Crippen LogP contribution in [0.5, 0.6) is 0 Å². The lowest BCUT2D eigenvalue weighted by Gasteiger charge is -2.27. The number of nitrogens with one attached hydrogen (secondary N) is 1. The van der Waals surface area contributed by atoms with E-state index in [1.165, 1.54) is 26.2 Å². The first kappa shape index (κ1) is 17.2. The summed E-state index contributed by atoms with van der Waals surface area (Å²) in [7, 11) is -2.55. The van der Waals surface area contributed by atoms with E-state index in [4.69, 9.17) is 4.74 Å². The van der Waals surface area contributed by atoms with Crippen LogP contribution in [0.15, 0.2) is 65.6 Å². The second-order valence-corrected chi connectivity index (χ2v) is 7.68. The first-order valence-corrected chi connectivity index (χ1v) is 8.55. The molecule has 2 aromatic carbocycles. The molecular weight excluding hydrogens is 314 g/mol. The van der Waals surface area contributed by atoms with Gasteiger partial charge in [-0.1, -0.05) is 36.4 Å². The van der Waals surface area contributed by atoms with Crippen molar-refractivity contribution in [1.29, 1.82) is 0 Å². The van der Waals surface area contributed by atoms with Crippen molar-refractivity contribution in [2.24, 2.45) is 0 Å². The number of benzene rings is 2. The molecule has 0 aromatic heterocycles. The highest BCUT2D eigenvalue weighted by atomic mass is 32.2. The van der Waals surface area contributed by atoms with E-state index in [2.05, 4.69) is 5.32 Å². The molecule has 1 unspecified atom stereocenters. The van der Waals surface area contributed by atoms with E-state index < -0.39 is 20.5 Å². The van der Waals surface area contributed by atoms with Crippen molar-refractivity contribution in [3.05, 3.63) is 60.7 Å². The van der Waals surface area contributed by atoms with Gasteiger partial charge in [0.15, 0.2) is 14.6 Å². The Morgan fingerprint density at radius 1 is 1.04 bits per heavy atom. The van der Waals surface area contributed by atoms with Gasteiger partial charge < -0.3 is 10.1 Å². The monoisotopic (exact) mass is 333 g/mol. The Morgan fingerprint density at radius 3 is 2.09 bits per heavy atom. The molecule has 2 rings (SSSR count). The fourth-order valence-electron chi connectivity index (χ4n) is 2.19. The van der Waals surface area contributed by atoms with Gasteiger partial charge in [-0.2, -0.15) is 0 Å².